The van der Waals surface area contributed by atoms with Crippen molar-refractivity contribution in [1.29, 1.82) is 0 Å². The summed E-state index contributed by atoms with van der Waals surface area (Å²) >= 11 is 0. The van der Waals surface area contributed by atoms with Gasteiger partial charge in [-0.1, -0.05) is 278 Å². The van der Waals surface area contributed by atoms with Gasteiger partial charge in [-0.05, 0) is 168 Å². The summed E-state index contributed by atoms with van der Waals surface area (Å²) in [7, 11) is 0. The SMILES string of the molecule is [2H]c1c([2H])c(-c2c3c([2H])c([2H])c([2H])c([2H])c3c(-c3c([2H])c([2H])c([2H])c4c([2H])c([2H])c([2H])c([2H])c34)c3c([2H])c([2H])c([2H])c([2H])c23)c([2H])c([2H])c1-c1c([2H])c([2H])c2c(oc3c([2H])c([2H])c([2H])c([2H])c32)c1[2H].[2H]c1c([2H])c(-c2c3c([2H])c([2H])c([2H])c([2H])c3c(-c3c([2H])c([2H])c4c(oc5c([2H])c([2H])c([2H])c([2H])c54)c3[2H])c3c([2H])c([2H])c([2H])c([2H])c23)c([2H])c([2H])c1-c1c([2H])c([2H])c([2H])c2c([2H])c([2H])c([2H])c([2H])c12. The van der Waals surface area contributed by atoms with Crippen molar-refractivity contribution in [2.45, 2.75) is 0 Å². The van der Waals surface area contributed by atoms with Crippen molar-refractivity contribution in [3.05, 3.63) is 314 Å². The molecule has 0 amide bonds. The van der Waals surface area contributed by atoms with Crippen LogP contribution in [0.3, 0.4) is 0 Å². The Bertz CT molecular complexity index is 8720. The lowest BCUT2D eigenvalue weighted by Crippen LogP contribution is -1.91. The molecule has 0 N–H and O–H groups in total. The van der Waals surface area contributed by atoms with E-state index in [1.165, 1.54) is 0 Å². The van der Waals surface area contributed by atoms with Crippen molar-refractivity contribution in [2.75, 3.05) is 0 Å². The summed E-state index contributed by atoms with van der Waals surface area (Å²) in [6, 6.07) is -46.8. The number of furan rings is 2. The van der Waals surface area contributed by atoms with E-state index in [1.807, 2.05) is 0 Å². The van der Waals surface area contributed by atoms with E-state index >= 15 is 0 Å². The van der Waals surface area contributed by atoms with E-state index < -0.39 is 473 Å². The second kappa shape index (κ2) is 20.2. The summed E-state index contributed by atoms with van der Waals surface area (Å²) in [5, 5.41) is -9.58. The van der Waals surface area contributed by atoms with Crippen molar-refractivity contribution in [2.24, 2.45) is 0 Å². The molecule has 0 radical (unpaired) electrons. The van der Waals surface area contributed by atoms with Crippen LogP contribution in [0.5, 0.6) is 0 Å². The maximum absolute atomic E-state index is 9.50. The minimum absolute atomic E-state index is 0.332. The van der Waals surface area contributed by atoms with Gasteiger partial charge in [-0.3, -0.25) is 0 Å². The van der Waals surface area contributed by atoms with E-state index in [0.29, 0.717) is 0 Å². The molecule has 400 valence electrons. The highest BCUT2D eigenvalue weighted by molar-refractivity contribution is 6.25. The van der Waals surface area contributed by atoms with Crippen molar-refractivity contribution < 1.29 is 80.1 Å². The molecule has 2 heteroatoms. The monoisotopic (exact) mass is 1140 g/mol. The van der Waals surface area contributed by atoms with Gasteiger partial charge in [0, 0.05) is 21.5 Å². The topological polar surface area (TPSA) is 26.3 Å². The van der Waals surface area contributed by atoms with E-state index in [1.54, 1.807) is 0 Å². The summed E-state index contributed by atoms with van der Waals surface area (Å²) < 4.78 is 474. The Balaban J connectivity index is 0.000000191. The predicted molar refractivity (Wildman–Crippen MR) is 365 cm³/mol. The average Bonchev–Trinajstić information content (AvgIpc) is 0.965. The van der Waals surface area contributed by atoms with E-state index in [2.05, 4.69) is 0 Å². The molecule has 86 heavy (non-hydrogen) atoms. The van der Waals surface area contributed by atoms with E-state index in [9.17, 15) is 27.4 Å². The summed E-state index contributed by atoms with van der Waals surface area (Å²) in [6.45, 7) is 0. The van der Waals surface area contributed by atoms with Gasteiger partial charge in [-0.25, -0.2) is 0 Å². The molecule has 0 bridgehead atoms. The zero-order chi connectivity index (χ0) is 102. The molecular formula is C84H52O2. The van der Waals surface area contributed by atoms with Gasteiger partial charge in [-0.15, -0.1) is 0 Å². The molecule has 0 saturated heterocycles. The first-order chi connectivity index (χ1) is 64.3. The Hall–Kier alpha value is -11.3. The summed E-state index contributed by atoms with van der Waals surface area (Å²) in [6.07, 6.45) is 0. The summed E-state index contributed by atoms with van der Waals surface area (Å²) in [4.78, 5) is 0. The van der Waals surface area contributed by atoms with E-state index in [0.717, 1.165) is 0 Å². The molecule has 18 rings (SSSR count). The number of hydrogen-bond acceptors (Lipinski definition) is 2. The molecule has 0 aliphatic rings. The van der Waals surface area contributed by atoms with Crippen molar-refractivity contribution >= 4 is 109 Å². The molecule has 0 unspecified atom stereocenters. The highest BCUT2D eigenvalue weighted by Gasteiger charge is 2.21. The number of fused-ring (bicyclic) bond motifs is 12. The summed E-state index contributed by atoms with van der Waals surface area (Å²) in [5.74, 6) is 0. The Labute approximate surface area is 569 Å². The fourth-order valence-electron chi connectivity index (χ4n) is 10.2. The maximum Gasteiger partial charge on any atom is 0.136 e. The quantitative estimate of drug-likeness (QED) is 0.155. The van der Waals surface area contributed by atoms with Crippen LogP contribution in [-0.2, 0) is 0 Å². The third-order valence-corrected chi connectivity index (χ3v) is 13.9. The third-order valence-electron chi connectivity index (χ3n) is 13.9. The second-order valence-electron chi connectivity index (χ2n) is 18.5. The van der Waals surface area contributed by atoms with Gasteiger partial charge >= 0.3 is 0 Å². The number of hydrogen-bond donors (Lipinski definition) is 0. The number of benzene rings is 16. The molecule has 2 heterocycles. The zero-order valence-corrected chi connectivity index (χ0v) is 42.8. The van der Waals surface area contributed by atoms with Gasteiger partial charge < -0.3 is 8.83 Å². The number of para-hydroxylation sites is 2. The van der Waals surface area contributed by atoms with Crippen LogP contribution in [0.15, 0.2) is 323 Å². The van der Waals surface area contributed by atoms with Crippen molar-refractivity contribution in [3.8, 4) is 66.8 Å². The lowest BCUT2D eigenvalue weighted by molar-refractivity contribution is 0.668. The largest absolute Gasteiger partial charge is 0.456 e. The standard InChI is InChI=1S/2C42H26O/c1-2-12-31-28(10-1)11-9-18-34(31)42-37-16-5-3-14-35(37)41(36-15-4-6-17-38(36)42)29-22-20-27(21-23-29)30-24-25-33-32-13-7-8-19-39(32)43-40(33)26-30;1-2-12-31-27(10-1)11-9-18-32(31)28-20-22-29(23-21-28)41-35-14-3-5-16-37(35)42(38-17-6-4-15-36(38)41)30-24-25-34-33-13-7-8-19-39(33)43-40(34)26-30/h2*1-26H/i2*1D,2D,3D,4D,5D,6D,7D,8D,9D,10D,11D,12D,13D,14D,15D,16D,17D,18D,19D,20D,21D,22D,23D,24D,25D,26D. The molecule has 0 atom stereocenters. The normalized spacial score (nSPS) is 20.2. The van der Waals surface area contributed by atoms with Crippen LogP contribution in [-0.4, -0.2) is 0 Å². The van der Waals surface area contributed by atoms with Crippen LogP contribution in [0.2, 0.25) is 0 Å². The van der Waals surface area contributed by atoms with Gasteiger partial charge in [0.25, 0.3) is 0 Å². The van der Waals surface area contributed by atoms with E-state index in [-0.39, 0.29) is 16.2 Å². The van der Waals surface area contributed by atoms with Gasteiger partial charge in [0.15, 0.2) is 0 Å². The maximum atomic E-state index is 9.50. The van der Waals surface area contributed by atoms with Crippen LogP contribution >= 0.6 is 0 Å². The summed E-state index contributed by atoms with van der Waals surface area (Å²) in [5.41, 5.74) is -11.1. The molecule has 16 aromatic carbocycles. The molecule has 0 fully saturated rings. The molecule has 18 aromatic rings. The van der Waals surface area contributed by atoms with E-state index in [4.69, 9.17) is 52.7 Å². The second-order valence-corrected chi connectivity index (χ2v) is 18.5. The molecule has 0 aliphatic heterocycles. The first-order valence-electron chi connectivity index (χ1n) is 51.3. The Kier molecular flexibility index (Phi) is 4.69. The third kappa shape index (κ3) is 8.10. The Morgan fingerprint density at radius 3 is 0.930 bits per heavy atom. The molecular weight excluding hydrogens is 1040 g/mol. The lowest BCUT2D eigenvalue weighted by atomic mass is 9.84. The fraction of sp³-hybridized carbons (Fsp3) is 0. The first-order valence-corrected chi connectivity index (χ1v) is 25.3. The molecule has 0 spiro atoms. The van der Waals surface area contributed by atoms with Gasteiger partial charge in [-0.2, -0.15) is 0 Å². The fourth-order valence-corrected chi connectivity index (χ4v) is 10.2. The molecule has 2 nitrogen and oxygen atoms in total. The van der Waals surface area contributed by atoms with Gasteiger partial charge in [0.1, 0.15) is 22.3 Å². The van der Waals surface area contributed by atoms with Gasteiger partial charge in [0.05, 0.1) is 71.3 Å². The predicted octanol–water partition coefficient (Wildman–Crippen LogP) is 24.1. The highest BCUT2D eigenvalue weighted by atomic mass is 16.3. The van der Waals surface area contributed by atoms with Crippen molar-refractivity contribution in [1.82, 2.24) is 0 Å². The van der Waals surface area contributed by atoms with Crippen LogP contribution < -0.4 is 0 Å². The smallest absolute Gasteiger partial charge is 0.136 e. The van der Waals surface area contributed by atoms with Gasteiger partial charge in [0.2, 0.25) is 0 Å². The molecule has 2 aromatic heterocycles. The average molecular weight is 1150 g/mol. The number of rotatable bonds is 6. The first kappa shape index (κ1) is 19.9. The molecule has 0 saturated carbocycles. The Morgan fingerprint density at radius 2 is 0.465 bits per heavy atom. The minimum Gasteiger partial charge on any atom is -0.456 e. The van der Waals surface area contributed by atoms with Crippen LogP contribution in [0.4, 0.5) is 0 Å². The van der Waals surface area contributed by atoms with Crippen molar-refractivity contribution in [3.63, 3.8) is 0 Å². The Morgan fingerprint density at radius 1 is 0.174 bits per heavy atom. The van der Waals surface area contributed by atoms with Crippen LogP contribution in [0, 0.1) is 0 Å². The lowest BCUT2D eigenvalue weighted by Gasteiger charge is -2.19. The van der Waals surface area contributed by atoms with Crippen LogP contribution in [0.1, 0.15) is 71.3 Å². The minimum atomic E-state index is -1.07. The molecule has 0 aliphatic carbocycles. The van der Waals surface area contributed by atoms with Crippen LogP contribution in [0.25, 0.3) is 175 Å². The highest BCUT2D eigenvalue weighted by Crippen LogP contribution is 2.48. The zero-order valence-electron chi connectivity index (χ0n) is 94.8.